The van der Waals surface area contributed by atoms with E-state index in [2.05, 4.69) is 15.3 Å². The second-order valence-corrected chi connectivity index (χ2v) is 6.66. The van der Waals surface area contributed by atoms with E-state index in [1.54, 1.807) is 23.0 Å². The molecule has 1 aromatic carbocycles. The lowest BCUT2D eigenvalue weighted by molar-refractivity contribution is -0.148. The number of nitrogens with zero attached hydrogens (tertiary/aromatic N) is 6. The molecule has 0 N–H and O–H groups in total. The highest BCUT2D eigenvalue weighted by Crippen LogP contribution is 2.29. The summed E-state index contributed by atoms with van der Waals surface area (Å²) < 4.78 is 41.3. The topological polar surface area (TPSA) is 68.8 Å². The molecule has 7 nitrogen and oxygen atoms in total. The number of aromatic nitrogens is 5. The normalized spacial score (nSPS) is 14.6. The highest BCUT2D eigenvalue weighted by molar-refractivity contribution is 6.31. The van der Waals surface area contributed by atoms with Gasteiger partial charge < -0.3 is 9.47 Å². The number of amides is 1. The lowest BCUT2D eigenvalue weighted by atomic mass is 10.2. The average Bonchev–Trinajstić information content (AvgIpc) is 3.22. The number of rotatable bonds is 3. The maximum absolute atomic E-state index is 12.9. The summed E-state index contributed by atoms with van der Waals surface area (Å²) in [7, 11) is 0. The van der Waals surface area contributed by atoms with E-state index in [1.807, 2.05) is 6.07 Å². The van der Waals surface area contributed by atoms with Crippen LogP contribution in [-0.2, 0) is 30.6 Å². The van der Waals surface area contributed by atoms with Crippen LogP contribution in [0.2, 0.25) is 5.02 Å². The fourth-order valence-corrected chi connectivity index (χ4v) is 3.33. The summed E-state index contributed by atoms with van der Waals surface area (Å²) in [5.74, 6) is -1.06. The van der Waals surface area contributed by atoms with Crippen LogP contribution in [-0.4, -0.2) is 41.9 Å². The Morgan fingerprint density at radius 2 is 2.04 bits per heavy atom. The number of hydrogen-bond donors (Lipinski definition) is 0. The Hall–Kier alpha value is -2.62. The minimum absolute atomic E-state index is 0.00754. The molecule has 0 unspecified atom stereocenters. The van der Waals surface area contributed by atoms with Crippen LogP contribution in [0.3, 0.4) is 0 Å². The molecule has 0 bridgehead atoms. The predicted octanol–water partition coefficient (Wildman–Crippen LogP) is 2.73. The van der Waals surface area contributed by atoms with Gasteiger partial charge in [0.05, 0.1) is 24.8 Å². The number of halogens is 4. The predicted molar refractivity (Wildman–Crippen MR) is 89.8 cm³/mol. The van der Waals surface area contributed by atoms with E-state index in [0.717, 1.165) is 15.5 Å². The molecule has 0 radical (unpaired) electrons. The van der Waals surface area contributed by atoms with Gasteiger partial charge in [-0.05, 0) is 18.2 Å². The van der Waals surface area contributed by atoms with Crippen molar-refractivity contribution in [2.45, 2.75) is 32.2 Å². The average molecular weight is 399 g/mol. The first-order valence-electron chi connectivity index (χ1n) is 8.21. The molecule has 3 heterocycles. The van der Waals surface area contributed by atoms with Crippen LogP contribution in [0.1, 0.15) is 18.1 Å². The smallest absolute Gasteiger partial charge is 0.333 e. The van der Waals surface area contributed by atoms with Crippen LogP contribution >= 0.6 is 11.6 Å². The van der Waals surface area contributed by atoms with Gasteiger partial charge in [0.1, 0.15) is 0 Å². The third kappa shape index (κ3) is 3.36. The molecule has 4 rings (SSSR count). The second-order valence-electron chi connectivity index (χ2n) is 6.23. The zero-order chi connectivity index (χ0) is 19.2. The Morgan fingerprint density at radius 3 is 2.81 bits per heavy atom. The summed E-state index contributed by atoms with van der Waals surface area (Å²) in [6.07, 6.45) is -2.69. The zero-order valence-electron chi connectivity index (χ0n) is 13.9. The van der Waals surface area contributed by atoms with Crippen LogP contribution < -0.4 is 0 Å². The Morgan fingerprint density at radius 1 is 1.22 bits per heavy atom. The standard InChI is InChI=1S/C16H14ClF3N6O/c17-11-2-1-10-8-21-26(12(10)7-11)4-3-14(27)24-5-6-25-13(9-24)22-23-15(25)16(18,19)20/h1-2,7-8H,3-6,9H2. The molecule has 0 spiro atoms. The van der Waals surface area contributed by atoms with Crippen LogP contribution in [0, 0.1) is 0 Å². The number of carbonyl (C=O) groups is 1. The highest BCUT2D eigenvalue weighted by atomic mass is 35.5. The van der Waals surface area contributed by atoms with Gasteiger partial charge in [0.25, 0.3) is 0 Å². The fourth-order valence-electron chi connectivity index (χ4n) is 3.16. The summed E-state index contributed by atoms with van der Waals surface area (Å²) in [4.78, 5) is 14.0. The summed E-state index contributed by atoms with van der Waals surface area (Å²) in [5.41, 5.74) is 0.823. The quantitative estimate of drug-likeness (QED) is 0.680. The van der Waals surface area contributed by atoms with Gasteiger partial charge in [-0.1, -0.05) is 11.6 Å². The van der Waals surface area contributed by atoms with Gasteiger partial charge in [-0.25, -0.2) is 0 Å². The Bertz CT molecular complexity index is 1010. The molecule has 0 aliphatic carbocycles. The van der Waals surface area contributed by atoms with Gasteiger partial charge in [-0.3, -0.25) is 9.48 Å². The molecule has 0 saturated heterocycles. The largest absolute Gasteiger partial charge is 0.451 e. The van der Waals surface area contributed by atoms with E-state index < -0.39 is 12.0 Å². The number of fused-ring (bicyclic) bond motifs is 2. The molecular formula is C16H14ClF3N6O. The third-order valence-electron chi connectivity index (χ3n) is 4.50. The van der Waals surface area contributed by atoms with Gasteiger partial charge >= 0.3 is 6.18 Å². The Kier molecular flexibility index (Phi) is 4.29. The van der Waals surface area contributed by atoms with Crippen LogP contribution in [0.4, 0.5) is 13.2 Å². The zero-order valence-corrected chi connectivity index (χ0v) is 14.7. The molecule has 27 heavy (non-hydrogen) atoms. The van der Waals surface area contributed by atoms with E-state index in [0.29, 0.717) is 11.6 Å². The molecule has 3 aromatic rings. The lowest BCUT2D eigenvalue weighted by Gasteiger charge is -2.28. The summed E-state index contributed by atoms with van der Waals surface area (Å²) in [5, 5.41) is 12.5. The Labute approximate surface area is 156 Å². The maximum Gasteiger partial charge on any atom is 0.451 e. The molecule has 2 aromatic heterocycles. The van der Waals surface area contributed by atoms with Crippen molar-refractivity contribution in [1.29, 1.82) is 0 Å². The molecule has 142 valence electrons. The van der Waals surface area contributed by atoms with Crippen LogP contribution in [0.15, 0.2) is 24.4 Å². The summed E-state index contributed by atoms with van der Waals surface area (Å²) in [6, 6.07) is 5.38. The third-order valence-corrected chi connectivity index (χ3v) is 4.74. The maximum atomic E-state index is 12.9. The van der Waals surface area contributed by atoms with E-state index >= 15 is 0 Å². The van der Waals surface area contributed by atoms with Crippen molar-refractivity contribution >= 4 is 28.4 Å². The molecule has 11 heteroatoms. The number of aryl methyl sites for hydroxylation is 1. The first-order chi connectivity index (χ1) is 12.8. The van der Waals surface area contributed by atoms with E-state index in [4.69, 9.17) is 11.6 Å². The van der Waals surface area contributed by atoms with Crippen molar-refractivity contribution in [3.63, 3.8) is 0 Å². The lowest BCUT2D eigenvalue weighted by Crippen LogP contribution is -2.39. The van der Waals surface area contributed by atoms with Crippen molar-refractivity contribution in [3.05, 3.63) is 41.1 Å². The molecule has 1 aliphatic heterocycles. The van der Waals surface area contributed by atoms with Crippen LogP contribution in [0.5, 0.6) is 0 Å². The molecule has 1 amide bonds. The molecular weight excluding hydrogens is 385 g/mol. The fraction of sp³-hybridized carbons (Fsp3) is 0.375. The van der Waals surface area contributed by atoms with Crippen molar-refractivity contribution in [2.75, 3.05) is 6.54 Å². The van der Waals surface area contributed by atoms with E-state index in [-0.39, 0.29) is 37.8 Å². The monoisotopic (exact) mass is 398 g/mol. The number of hydrogen-bond acceptors (Lipinski definition) is 4. The van der Waals surface area contributed by atoms with Gasteiger partial charge in [0, 0.05) is 29.9 Å². The summed E-state index contributed by atoms with van der Waals surface area (Å²) >= 11 is 6.00. The molecule has 1 aliphatic rings. The van der Waals surface area contributed by atoms with Crippen molar-refractivity contribution in [2.24, 2.45) is 0 Å². The molecule has 0 saturated carbocycles. The van der Waals surface area contributed by atoms with E-state index in [1.165, 1.54) is 4.90 Å². The molecule has 0 fully saturated rings. The first-order valence-corrected chi connectivity index (χ1v) is 8.59. The Balaban J connectivity index is 1.43. The first kappa shape index (κ1) is 17.8. The van der Waals surface area contributed by atoms with Gasteiger partial charge in [0.15, 0.2) is 5.82 Å². The van der Waals surface area contributed by atoms with Crippen LogP contribution in [0.25, 0.3) is 10.9 Å². The minimum atomic E-state index is -4.56. The minimum Gasteiger partial charge on any atom is -0.333 e. The number of alkyl halides is 3. The van der Waals surface area contributed by atoms with Crippen molar-refractivity contribution in [3.8, 4) is 0 Å². The van der Waals surface area contributed by atoms with Crippen molar-refractivity contribution < 1.29 is 18.0 Å². The second kappa shape index (κ2) is 6.52. The molecule has 0 atom stereocenters. The summed E-state index contributed by atoms with van der Waals surface area (Å²) in [6.45, 7) is 0.551. The van der Waals surface area contributed by atoms with E-state index in [9.17, 15) is 18.0 Å². The van der Waals surface area contributed by atoms with Gasteiger partial charge in [-0.15, -0.1) is 10.2 Å². The SMILES string of the molecule is O=C(CCn1ncc2ccc(Cl)cc21)N1CCn2c(nnc2C(F)(F)F)C1. The number of carbonyl (C=O) groups excluding carboxylic acids is 1. The van der Waals surface area contributed by atoms with Crippen molar-refractivity contribution in [1.82, 2.24) is 29.4 Å². The van der Waals surface area contributed by atoms with Gasteiger partial charge in [0.2, 0.25) is 11.7 Å². The number of benzene rings is 1. The van der Waals surface area contributed by atoms with Gasteiger partial charge in [-0.2, -0.15) is 18.3 Å². The highest BCUT2D eigenvalue weighted by Gasteiger charge is 2.39.